The van der Waals surface area contributed by atoms with Gasteiger partial charge in [-0.2, -0.15) is 0 Å². The number of nitrogens with zero attached hydrogens (tertiary/aromatic N) is 1. The second-order valence-electron chi connectivity index (χ2n) is 5.57. The number of rotatable bonds is 6. The smallest absolute Gasteiger partial charge is 0.311 e. The van der Waals surface area contributed by atoms with Crippen molar-refractivity contribution in [2.24, 2.45) is 11.8 Å². The molecule has 124 valence electrons. The van der Waals surface area contributed by atoms with E-state index in [1.807, 2.05) is 6.92 Å². The highest BCUT2D eigenvalue weighted by molar-refractivity contribution is 5.94. The van der Waals surface area contributed by atoms with E-state index < -0.39 is 10.8 Å². The molecule has 1 aromatic rings. The van der Waals surface area contributed by atoms with Crippen LogP contribution in [0.3, 0.4) is 0 Å². The summed E-state index contributed by atoms with van der Waals surface area (Å²) in [6, 6.07) is 2.68. The highest BCUT2D eigenvalue weighted by Gasteiger charge is 2.40. The van der Waals surface area contributed by atoms with Gasteiger partial charge < -0.3 is 14.8 Å². The standard InChI is InChI=1S/C15H18N2O6/c1-8-4-10(8)15(19)23-7-14(18)16-11-6-13(22-3)12(17(20)21)5-9(11)2/h5-6,8,10H,4,7H2,1-3H3,(H,16,18)/t8-,10-/m1/s1. The fourth-order valence-corrected chi connectivity index (χ4v) is 2.19. The minimum atomic E-state index is -0.560. The summed E-state index contributed by atoms with van der Waals surface area (Å²) in [6.45, 7) is 3.18. The van der Waals surface area contributed by atoms with E-state index in [1.54, 1.807) is 6.92 Å². The molecule has 1 aromatic carbocycles. The largest absolute Gasteiger partial charge is 0.490 e. The Hall–Kier alpha value is -2.64. The summed E-state index contributed by atoms with van der Waals surface area (Å²) in [6.07, 6.45) is 0.791. The molecular weight excluding hydrogens is 304 g/mol. The van der Waals surface area contributed by atoms with Crippen LogP contribution in [-0.2, 0) is 14.3 Å². The second kappa shape index (κ2) is 6.64. The number of ether oxygens (including phenoxy) is 2. The number of nitro benzene ring substituents is 1. The molecule has 0 aromatic heterocycles. The molecular formula is C15H18N2O6. The number of amides is 1. The van der Waals surface area contributed by atoms with E-state index >= 15 is 0 Å². The second-order valence-corrected chi connectivity index (χ2v) is 5.57. The molecule has 2 rings (SSSR count). The van der Waals surface area contributed by atoms with Crippen molar-refractivity contribution >= 4 is 23.3 Å². The summed E-state index contributed by atoms with van der Waals surface area (Å²) in [4.78, 5) is 33.8. The summed E-state index contributed by atoms with van der Waals surface area (Å²) in [5.74, 6) is -0.633. The zero-order valence-electron chi connectivity index (χ0n) is 13.1. The number of carbonyl (C=O) groups excluding carboxylic acids is 2. The Morgan fingerprint density at radius 3 is 2.61 bits per heavy atom. The average molecular weight is 322 g/mol. The van der Waals surface area contributed by atoms with Crippen molar-refractivity contribution in [3.8, 4) is 5.75 Å². The van der Waals surface area contributed by atoms with Gasteiger partial charge in [0.25, 0.3) is 5.91 Å². The number of methoxy groups -OCH3 is 1. The van der Waals surface area contributed by atoms with Crippen molar-refractivity contribution in [3.63, 3.8) is 0 Å². The van der Waals surface area contributed by atoms with Crippen LogP contribution >= 0.6 is 0 Å². The number of aryl methyl sites for hydroxylation is 1. The molecule has 0 radical (unpaired) electrons. The topological polar surface area (TPSA) is 108 Å². The third-order valence-electron chi connectivity index (χ3n) is 3.75. The van der Waals surface area contributed by atoms with Gasteiger partial charge in [0.15, 0.2) is 12.4 Å². The first-order chi connectivity index (χ1) is 10.8. The summed E-state index contributed by atoms with van der Waals surface area (Å²) < 4.78 is 9.89. The van der Waals surface area contributed by atoms with Gasteiger partial charge in [-0.15, -0.1) is 0 Å². The van der Waals surface area contributed by atoms with Crippen LogP contribution in [0.5, 0.6) is 5.75 Å². The lowest BCUT2D eigenvalue weighted by Gasteiger charge is -2.11. The van der Waals surface area contributed by atoms with Crippen molar-refractivity contribution in [2.75, 3.05) is 19.0 Å². The molecule has 0 aliphatic heterocycles. The molecule has 1 aliphatic carbocycles. The fourth-order valence-electron chi connectivity index (χ4n) is 2.19. The van der Waals surface area contributed by atoms with Gasteiger partial charge in [-0.1, -0.05) is 6.92 Å². The lowest BCUT2D eigenvalue weighted by Crippen LogP contribution is -2.22. The zero-order valence-corrected chi connectivity index (χ0v) is 13.1. The van der Waals surface area contributed by atoms with Crippen LogP contribution in [0.15, 0.2) is 12.1 Å². The molecule has 0 heterocycles. The maximum atomic E-state index is 11.8. The number of anilines is 1. The van der Waals surface area contributed by atoms with Gasteiger partial charge in [-0.3, -0.25) is 19.7 Å². The van der Waals surface area contributed by atoms with Crippen molar-refractivity contribution < 1.29 is 24.0 Å². The van der Waals surface area contributed by atoms with Crippen LogP contribution in [0.2, 0.25) is 0 Å². The minimum Gasteiger partial charge on any atom is -0.490 e. The lowest BCUT2D eigenvalue weighted by atomic mass is 10.1. The maximum absolute atomic E-state index is 11.8. The summed E-state index contributed by atoms with van der Waals surface area (Å²) in [5, 5.41) is 13.5. The highest BCUT2D eigenvalue weighted by atomic mass is 16.6. The van der Waals surface area contributed by atoms with E-state index in [9.17, 15) is 19.7 Å². The molecule has 8 heteroatoms. The molecule has 8 nitrogen and oxygen atoms in total. The summed E-state index contributed by atoms with van der Waals surface area (Å²) in [5.41, 5.74) is 0.693. The number of nitrogens with one attached hydrogen (secondary N) is 1. The average Bonchev–Trinajstić information content (AvgIpc) is 3.23. The van der Waals surface area contributed by atoms with Crippen molar-refractivity contribution in [2.45, 2.75) is 20.3 Å². The molecule has 1 N–H and O–H groups in total. The Morgan fingerprint density at radius 2 is 2.09 bits per heavy atom. The fraction of sp³-hybridized carbons (Fsp3) is 0.467. The predicted molar refractivity (Wildman–Crippen MR) is 81.2 cm³/mol. The van der Waals surface area contributed by atoms with Gasteiger partial charge in [0.05, 0.1) is 18.0 Å². The van der Waals surface area contributed by atoms with Gasteiger partial charge in [0.1, 0.15) is 0 Å². The molecule has 1 saturated carbocycles. The minimum absolute atomic E-state index is 0.0414. The number of hydrogen-bond donors (Lipinski definition) is 1. The number of carbonyl (C=O) groups is 2. The normalized spacial score (nSPS) is 18.9. The summed E-state index contributed by atoms with van der Waals surface area (Å²) in [7, 11) is 1.31. The van der Waals surface area contributed by atoms with Crippen LogP contribution in [-0.4, -0.2) is 30.5 Å². The third kappa shape index (κ3) is 3.97. The Morgan fingerprint density at radius 1 is 1.43 bits per heavy atom. The van der Waals surface area contributed by atoms with E-state index in [1.165, 1.54) is 19.2 Å². The van der Waals surface area contributed by atoms with Gasteiger partial charge in [0, 0.05) is 17.8 Å². The molecule has 0 bridgehead atoms. The number of benzene rings is 1. The number of esters is 1. The van der Waals surface area contributed by atoms with Crippen LogP contribution in [0.1, 0.15) is 18.9 Å². The van der Waals surface area contributed by atoms with Gasteiger partial charge >= 0.3 is 11.7 Å². The maximum Gasteiger partial charge on any atom is 0.311 e. The lowest BCUT2D eigenvalue weighted by molar-refractivity contribution is -0.385. The Kier molecular flexibility index (Phi) is 4.83. The van der Waals surface area contributed by atoms with Crippen LogP contribution < -0.4 is 10.1 Å². The molecule has 23 heavy (non-hydrogen) atoms. The third-order valence-corrected chi connectivity index (χ3v) is 3.75. The Bertz CT molecular complexity index is 658. The SMILES string of the molecule is COc1cc(NC(=O)COC(=O)[C@@H]2C[C@H]2C)c(C)cc1[N+](=O)[O-]. The van der Waals surface area contributed by atoms with E-state index in [-0.39, 0.29) is 29.9 Å². The zero-order chi connectivity index (χ0) is 17.1. The highest BCUT2D eigenvalue weighted by Crippen LogP contribution is 2.38. The quantitative estimate of drug-likeness (QED) is 0.488. The van der Waals surface area contributed by atoms with Gasteiger partial charge in [0.2, 0.25) is 0 Å². The number of hydrogen-bond acceptors (Lipinski definition) is 6. The molecule has 0 saturated heterocycles. The van der Waals surface area contributed by atoms with Crippen LogP contribution in [0, 0.1) is 28.9 Å². The van der Waals surface area contributed by atoms with Gasteiger partial charge in [-0.25, -0.2) is 0 Å². The molecule has 1 amide bonds. The molecule has 2 atom stereocenters. The van der Waals surface area contributed by atoms with Crippen LogP contribution in [0.4, 0.5) is 11.4 Å². The molecule has 1 fully saturated rings. The van der Waals surface area contributed by atoms with E-state index in [0.29, 0.717) is 17.2 Å². The van der Waals surface area contributed by atoms with Crippen molar-refractivity contribution in [1.29, 1.82) is 0 Å². The Balaban J connectivity index is 2.00. The summed E-state index contributed by atoms with van der Waals surface area (Å²) >= 11 is 0. The van der Waals surface area contributed by atoms with Crippen molar-refractivity contribution in [1.82, 2.24) is 0 Å². The molecule has 0 unspecified atom stereocenters. The van der Waals surface area contributed by atoms with E-state index in [2.05, 4.69) is 5.32 Å². The van der Waals surface area contributed by atoms with E-state index in [0.717, 1.165) is 6.42 Å². The predicted octanol–water partition coefficient (Wildman–Crippen LogP) is 2.05. The number of nitro groups is 1. The van der Waals surface area contributed by atoms with Crippen molar-refractivity contribution in [3.05, 3.63) is 27.8 Å². The van der Waals surface area contributed by atoms with E-state index in [4.69, 9.17) is 9.47 Å². The van der Waals surface area contributed by atoms with Gasteiger partial charge in [-0.05, 0) is 24.8 Å². The first-order valence-corrected chi connectivity index (χ1v) is 7.13. The first kappa shape index (κ1) is 16.7. The monoisotopic (exact) mass is 322 g/mol. The van der Waals surface area contributed by atoms with Crippen LogP contribution in [0.25, 0.3) is 0 Å². The first-order valence-electron chi connectivity index (χ1n) is 7.13. The Labute approximate surface area is 132 Å². The molecule has 0 spiro atoms. The molecule has 1 aliphatic rings.